The Hall–Kier alpha value is -1.86. The van der Waals surface area contributed by atoms with Crippen molar-refractivity contribution in [1.82, 2.24) is 10.6 Å². The minimum atomic E-state index is -0.411. The Balaban J connectivity index is 0.00000208. The van der Waals surface area contributed by atoms with Gasteiger partial charge in [0.05, 0.1) is 4.92 Å². The van der Waals surface area contributed by atoms with E-state index in [0.717, 1.165) is 32.4 Å². The second kappa shape index (κ2) is 7.81. The minimum Gasteiger partial charge on any atom is -0.378 e. The summed E-state index contributed by atoms with van der Waals surface area (Å²) in [5.41, 5.74) is 0.767. The van der Waals surface area contributed by atoms with Crippen LogP contribution in [0.5, 0.6) is 0 Å². The first-order chi connectivity index (χ1) is 11.1. The van der Waals surface area contributed by atoms with Crippen molar-refractivity contribution in [2.75, 3.05) is 31.5 Å². The predicted molar refractivity (Wildman–Crippen MR) is 94.5 cm³/mol. The van der Waals surface area contributed by atoms with Crippen molar-refractivity contribution >= 4 is 29.7 Å². The highest BCUT2D eigenvalue weighted by atomic mass is 35.5. The van der Waals surface area contributed by atoms with E-state index in [1.165, 1.54) is 6.07 Å². The maximum Gasteiger partial charge on any atom is 0.292 e. The molecule has 1 amide bonds. The van der Waals surface area contributed by atoms with Crippen LogP contribution in [-0.2, 0) is 4.79 Å². The van der Waals surface area contributed by atoms with Gasteiger partial charge in [-0.3, -0.25) is 14.9 Å². The first-order valence-electron chi connectivity index (χ1n) is 8.08. The van der Waals surface area contributed by atoms with Gasteiger partial charge in [-0.1, -0.05) is 12.1 Å². The molecule has 3 N–H and O–H groups in total. The first kappa shape index (κ1) is 18.5. The standard InChI is InChI=1S/C16H22N4O3.ClH/c21-15(12-11-16(12)5-7-17-8-6-16)19-10-9-18-13-3-1-2-4-14(13)20(22)23;/h1-4,12,17-18H,5-11H2,(H,19,21);1H. The fraction of sp³-hybridized carbons (Fsp3) is 0.562. The number of nitrogens with one attached hydrogen (secondary N) is 3. The average molecular weight is 355 g/mol. The van der Waals surface area contributed by atoms with Crippen LogP contribution in [0.25, 0.3) is 0 Å². The molecular weight excluding hydrogens is 332 g/mol. The van der Waals surface area contributed by atoms with Crippen LogP contribution in [0.2, 0.25) is 0 Å². The molecule has 2 aliphatic rings. The van der Waals surface area contributed by atoms with Crippen LogP contribution >= 0.6 is 12.4 Å². The summed E-state index contributed by atoms with van der Waals surface area (Å²) in [6, 6.07) is 6.52. The summed E-state index contributed by atoms with van der Waals surface area (Å²) >= 11 is 0. The molecule has 1 spiro atoms. The molecular formula is C16H23ClN4O3. The predicted octanol–water partition coefficient (Wildman–Crippen LogP) is 1.93. The van der Waals surface area contributed by atoms with E-state index in [4.69, 9.17) is 0 Å². The smallest absolute Gasteiger partial charge is 0.292 e. The number of benzene rings is 1. The molecule has 7 nitrogen and oxygen atoms in total. The molecule has 1 atom stereocenters. The van der Waals surface area contributed by atoms with Gasteiger partial charge in [-0.15, -0.1) is 12.4 Å². The molecule has 132 valence electrons. The van der Waals surface area contributed by atoms with Gasteiger partial charge in [-0.2, -0.15) is 0 Å². The van der Waals surface area contributed by atoms with E-state index in [9.17, 15) is 14.9 Å². The molecule has 1 unspecified atom stereocenters. The van der Waals surface area contributed by atoms with Crippen LogP contribution in [-0.4, -0.2) is 37.0 Å². The number of piperidine rings is 1. The van der Waals surface area contributed by atoms with Gasteiger partial charge in [0.25, 0.3) is 5.69 Å². The van der Waals surface area contributed by atoms with Crippen molar-refractivity contribution in [2.24, 2.45) is 11.3 Å². The largest absolute Gasteiger partial charge is 0.378 e. The van der Waals surface area contributed by atoms with Crippen molar-refractivity contribution in [2.45, 2.75) is 19.3 Å². The number of para-hydroxylation sites is 2. The third-order valence-corrected chi connectivity index (χ3v) is 4.95. The normalized spacial score (nSPS) is 20.8. The van der Waals surface area contributed by atoms with Crippen LogP contribution in [0.3, 0.4) is 0 Å². The number of carbonyl (C=O) groups excluding carboxylic acids is 1. The highest BCUT2D eigenvalue weighted by molar-refractivity contribution is 5.85. The van der Waals surface area contributed by atoms with Crippen LogP contribution in [0.4, 0.5) is 11.4 Å². The summed E-state index contributed by atoms with van der Waals surface area (Å²) in [5.74, 6) is 0.270. The van der Waals surface area contributed by atoms with Crippen molar-refractivity contribution < 1.29 is 9.72 Å². The van der Waals surface area contributed by atoms with E-state index in [-0.39, 0.29) is 35.3 Å². The number of anilines is 1. The number of hydrogen-bond donors (Lipinski definition) is 3. The Morgan fingerprint density at radius 1 is 1.29 bits per heavy atom. The van der Waals surface area contributed by atoms with E-state index in [1.54, 1.807) is 18.2 Å². The summed E-state index contributed by atoms with van der Waals surface area (Å²) in [4.78, 5) is 22.7. The van der Waals surface area contributed by atoms with Crippen molar-refractivity contribution in [3.63, 3.8) is 0 Å². The Kier molecular flexibility index (Phi) is 6.01. The first-order valence-corrected chi connectivity index (χ1v) is 8.08. The van der Waals surface area contributed by atoms with Crippen LogP contribution in [0.1, 0.15) is 19.3 Å². The van der Waals surface area contributed by atoms with E-state index in [2.05, 4.69) is 16.0 Å². The quantitative estimate of drug-likeness (QED) is 0.412. The van der Waals surface area contributed by atoms with Gasteiger partial charge < -0.3 is 16.0 Å². The van der Waals surface area contributed by atoms with Gasteiger partial charge in [0.15, 0.2) is 0 Å². The average Bonchev–Trinajstić information content (AvgIpc) is 3.25. The lowest BCUT2D eigenvalue weighted by molar-refractivity contribution is -0.384. The number of nitro benzene ring substituents is 1. The summed E-state index contributed by atoms with van der Waals surface area (Å²) in [7, 11) is 0. The Bertz CT molecular complexity index is 605. The molecule has 1 aliphatic carbocycles. The summed E-state index contributed by atoms with van der Waals surface area (Å²) < 4.78 is 0. The molecule has 1 aliphatic heterocycles. The minimum absolute atomic E-state index is 0. The maximum atomic E-state index is 12.2. The van der Waals surface area contributed by atoms with E-state index >= 15 is 0 Å². The number of nitro groups is 1. The highest BCUT2D eigenvalue weighted by Gasteiger charge is 2.57. The maximum absolute atomic E-state index is 12.2. The molecule has 0 radical (unpaired) electrons. The fourth-order valence-corrected chi connectivity index (χ4v) is 3.48. The van der Waals surface area contributed by atoms with Gasteiger partial charge in [0.1, 0.15) is 5.69 Å². The zero-order chi connectivity index (χ0) is 16.3. The SMILES string of the molecule is Cl.O=C(NCCNc1ccccc1[N+](=O)[O-])C1CC12CCNCC2. The van der Waals surface area contributed by atoms with Crippen molar-refractivity contribution in [3.8, 4) is 0 Å². The van der Waals surface area contributed by atoms with E-state index in [1.807, 2.05) is 0 Å². The number of hydrogen-bond acceptors (Lipinski definition) is 5. The number of carbonyl (C=O) groups is 1. The van der Waals surface area contributed by atoms with Gasteiger partial charge in [-0.25, -0.2) is 0 Å². The third kappa shape index (κ3) is 3.96. The Morgan fingerprint density at radius 2 is 2.00 bits per heavy atom. The van der Waals surface area contributed by atoms with Crippen LogP contribution in [0, 0.1) is 21.4 Å². The summed E-state index contributed by atoms with van der Waals surface area (Å²) in [6.45, 7) is 2.94. The van der Waals surface area contributed by atoms with Crippen LogP contribution in [0.15, 0.2) is 24.3 Å². The molecule has 24 heavy (non-hydrogen) atoms. The molecule has 3 rings (SSSR count). The molecule has 1 saturated carbocycles. The monoisotopic (exact) mass is 354 g/mol. The topological polar surface area (TPSA) is 96.3 Å². The van der Waals surface area contributed by atoms with Gasteiger partial charge >= 0.3 is 0 Å². The molecule has 1 heterocycles. The zero-order valence-corrected chi connectivity index (χ0v) is 14.2. The second-order valence-corrected chi connectivity index (χ2v) is 6.36. The number of amides is 1. The fourth-order valence-electron chi connectivity index (χ4n) is 3.48. The molecule has 1 aromatic carbocycles. The number of rotatable bonds is 6. The lowest BCUT2D eigenvalue weighted by Gasteiger charge is -2.23. The van der Waals surface area contributed by atoms with Gasteiger partial charge in [0.2, 0.25) is 5.91 Å². The van der Waals surface area contributed by atoms with E-state index in [0.29, 0.717) is 18.8 Å². The lowest BCUT2D eigenvalue weighted by atomic mass is 9.92. The molecule has 2 fully saturated rings. The molecule has 0 bridgehead atoms. The van der Waals surface area contributed by atoms with Gasteiger partial charge in [0, 0.05) is 25.1 Å². The van der Waals surface area contributed by atoms with Crippen molar-refractivity contribution in [3.05, 3.63) is 34.4 Å². The molecule has 0 aromatic heterocycles. The third-order valence-electron chi connectivity index (χ3n) is 4.95. The van der Waals surface area contributed by atoms with Gasteiger partial charge in [-0.05, 0) is 43.8 Å². The number of halogens is 1. The summed E-state index contributed by atoms with van der Waals surface area (Å²) in [6.07, 6.45) is 3.16. The lowest BCUT2D eigenvalue weighted by Crippen LogP contribution is -2.35. The molecule has 8 heteroatoms. The van der Waals surface area contributed by atoms with Crippen molar-refractivity contribution in [1.29, 1.82) is 0 Å². The van der Waals surface area contributed by atoms with Crippen LogP contribution < -0.4 is 16.0 Å². The highest BCUT2D eigenvalue weighted by Crippen LogP contribution is 2.58. The summed E-state index contributed by atoms with van der Waals surface area (Å²) in [5, 5.41) is 20.2. The Labute approximate surface area is 147 Å². The molecule has 1 aromatic rings. The Morgan fingerprint density at radius 3 is 2.71 bits per heavy atom. The van der Waals surface area contributed by atoms with E-state index < -0.39 is 4.92 Å². The zero-order valence-electron chi connectivity index (χ0n) is 13.4. The second-order valence-electron chi connectivity index (χ2n) is 6.36. The molecule has 1 saturated heterocycles. The number of nitrogens with zero attached hydrogens (tertiary/aromatic N) is 1.